The highest BCUT2D eigenvalue weighted by Gasteiger charge is 2.69. The minimum Gasteiger partial charge on any atom is -0.508 e. The molecule has 27 heavy (non-hydrogen) atoms. The van der Waals surface area contributed by atoms with Crippen LogP contribution in [0.4, 0.5) is 18.0 Å². The van der Waals surface area contributed by atoms with Gasteiger partial charge in [0.1, 0.15) is 11.7 Å². The summed E-state index contributed by atoms with van der Waals surface area (Å²) in [6, 6.07) is 5.32. The van der Waals surface area contributed by atoms with Crippen molar-refractivity contribution >= 4 is 23.2 Å². The van der Waals surface area contributed by atoms with Crippen LogP contribution < -0.4 is 5.32 Å². The van der Waals surface area contributed by atoms with E-state index in [2.05, 4.69) is 5.32 Å². The van der Waals surface area contributed by atoms with E-state index >= 15 is 0 Å². The van der Waals surface area contributed by atoms with E-state index in [-0.39, 0.29) is 21.1 Å². The number of halogens is 3. The fourth-order valence-electron chi connectivity index (χ4n) is 3.18. The second-order valence-corrected chi connectivity index (χ2v) is 7.07. The van der Waals surface area contributed by atoms with E-state index in [4.69, 9.17) is 0 Å². The normalized spacial score (nSPS) is 26.0. The molecule has 1 aliphatic rings. The molecule has 3 rings (SSSR count). The van der Waals surface area contributed by atoms with Gasteiger partial charge >= 0.3 is 12.2 Å². The van der Waals surface area contributed by atoms with Gasteiger partial charge in [0, 0.05) is 7.05 Å². The predicted octanol–water partition coefficient (Wildman–Crippen LogP) is 2.90. The van der Waals surface area contributed by atoms with Gasteiger partial charge in [0.2, 0.25) is 0 Å². The van der Waals surface area contributed by atoms with E-state index in [0.29, 0.717) is 0 Å². The van der Waals surface area contributed by atoms with Gasteiger partial charge < -0.3 is 15.5 Å². The molecule has 0 aliphatic carbocycles. The summed E-state index contributed by atoms with van der Waals surface area (Å²) in [5.41, 5.74) is -3.67. The van der Waals surface area contributed by atoms with E-state index in [1.165, 1.54) is 35.7 Å². The molecule has 0 radical (unpaired) electrons. The second kappa shape index (κ2) is 6.54. The quantitative estimate of drug-likeness (QED) is 0.691. The number of rotatable bonds is 3. The molecule has 1 aliphatic heterocycles. The molecule has 1 aromatic carbocycles. The third-order valence-electron chi connectivity index (χ3n) is 4.56. The van der Waals surface area contributed by atoms with Crippen LogP contribution in [0.3, 0.4) is 0 Å². The molecule has 10 heteroatoms. The fourth-order valence-corrected chi connectivity index (χ4v) is 3.88. The predicted molar refractivity (Wildman–Crippen MR) is 90.3 cm³/mol. The minimum absolute atomic E-state index is 0.0115. The number of aliphatic hydroxyl groups is 1. The summed E-state index contributed by atoms with van der Waals surface area (Å²) in [4.78, 5) is 25.2. The first-order chi connectivity index (χ1) is 12.6. The molecule has 0 spiro atoms. The van der Waals surface area contributed by atoms with Gasteiger partial charge in [-0.05, 0) is 29.1 Å². The molecular weight excluding hydrogens is 385 g/mol. The number of urea groups is 1. The highest BCUT2D eigenvalue weighted by atomic mass is 32.1. The highest BCUT2D eigenvalue weighted by molar-refractivity contribution is 7.12. The molecule has 2 amide bonds. The van der Waals surface area contributed by atoms with E-state index in [1.54, 1.807) is 0 Å². The number of amides is 2. The Labute approximate surface area is 155 Å². The molecule has 1 fully saturated rings. The zero-order valence-corrected chi connectivity index (χ0v) is 14.7. The molecule has 1 aromatic heterocycles. The Kier molecular flexibility index (Phi) is 4.64. The number of nitrogens with one attached hydrogen (secondary N) is 1. The molecular formula is C17H15F3N2O4S. The summed E-state index contributed by atoms with van der Waals surface area (Å²) in [6.45, 7) is 0. The van der Waals surface area contributed by atoms with Crippen LogP contribution in [0, 0.1) is 5.92 Å². The average molecular weight is 400 g/mol. The van der Waals surface area contributed by atoms with Crippen LogP contribution in [0.25, 0.3) is 0 Å². The topological polar surface area (TPSA) is 89.9 Å². The Morgan fingerprint density at radius 3 is 2.56 bits per heavy atom. The number of alkyl halides is 3. The van der Waals surface area contributed by atoms with Gasteiger partial charge in [0.05, 0.1) is 10.9 Å². The monoisotopic (exact) mass is 400 g/mol. The van der Waals surface area contributed by atoms with Gasteiger partial charge in [-0.15, -0.1) is 11.3 Å². The van der Waals surface area contributed by atoms with Gasteiger partial charge in [-0.3, -0.25) is 9.69 Å². The van der Waals surface area contributed by atoms with Crippen LogP contribution in [0.2, 0.25) is 0 Å². The lowest BCUT2D eigenvalue weighted by atomic mass is 9.78. The number of hydrogen-bond acceptors (Lipinski definition) is 5. The van der Waals surface area contributed by atoms with Gasteiger partial charge in [0.25, 0.3) is 5.72 Å². The zero-order chi connectivity index (χ0) is 20.0. The second-order valence-electron chi connectivity index (χ2n) is 6.12. The standard InChI is InChI=1S/C17H15F3N2O4S/c1-22-15(25)21-13(9-4-2-5-10(23)8-9)12(16(22,26)17(18,19)20)14(24)11-6-3-7-27-11/h2-8,12-13,23,26H,1H3,(H,21,25)/t12-,13-,16-/m0/s1. The lowest BCUT2D eigenvalue weighted by molar-refractivity contribution is -0.322. The van der Waals surface area contributed by atoms with Crippen LogP contribution in [-0.2, 0) is 0 Å². The largest absolute Gasteiger partial charge is 0.508 e. The first-order valence-electron chi connectivity index (χ1n) is 7.77. The molecule has 1 saturated heterocycles. The molecule has 6 nitrogen and oxygen atoms in total. The number of Topliss-reactive ketones (excluding diaryl/α,β-unsaturated/α-hetero) is 1. The lowest BCUT2D eigenvalue weighted by Crippen LogP contribution is -2.72. The van der Waals surface area contributed by atoms with Crippen molar-refractivity contribution in [2.75, 3.05) is 7.05 Å². The Morgan fingerprint density at radius 1 is 1.30 bits per heavy atom. The summed E-state index contributed by atoms with van der Waals surface area (Å²) in [6.07, 6.45) is -5.30. The van der Waals surface area contributed by atoms with Crippen molar-refractivity contribution in [1.82, 2.24) is 10.2 Å². The summed E-state index contributed by atoms with van der Waals surface area (Å²) >= 11 is 0.930. The third kappa shape index (κ3) is 3.04. The number of phenolic OH excluding ortho intramolecular Hbond substituents is 1. The number of aromatic hydroxyl groups is 1. The molecule has 0 bridgehead atoms. The molecule has 144 valence electrons. The van der Waals surface area contributed by atoms with Gasteiger partial charge in [-0.1, -0.05) is 18.2 Å². The molecule has 0 saturated carbocycles. The summed E-state index contributed by atoms with van der Waals surface area (Å²) < 4.78 is 41.7. The van der Waals surface area contributed by atoms with E-state index in [0.717, 1.165) is 24.5 Å². The van der Waals surface area contributed by atoms with Crippen LogP contribution >= 0.6 is 11.3 Å². The van der Waals surface area contributed by atoms with Gasteiger partial charge in [0.15, 0.2) is 5.78 Å². The molecule has 0 unspecified atom stereocenters. The fraction of sp³-hybridized carbons (Fsp3) is 0.294. The van der Waals surface area contributed by atoms with Crippen molar-refractivity contribution in [3.63, 3.8) is 0 Å². The number of phenols is 1. The van der Waals surface area contributed by atoms with Crippen molar-refractivity contribution in [3.05, 3.63) is 52.2 Å². The zero-order valence-electron chi connectivity index (χ0n) is 13.9. The highest BCUT2D eigenvalue weighted by Crippen LogP contribution is 2.48. The SMILES string of the molecule is CN1C(=O)N[C@@H](c2cccc(O)c2)[C@@H](C(=O)c2cccs2)[C@]1(O)C(F)(F)F. The maximum absolute atomic E-state index is 13.9. The van der Waals surface area contributed by atoms with Crippen LogP contribution in [0.15, 0.2) is 41.8 Å². The smallest absolute Gasteiger partial charge is 0.437 e. The first-order valence-corrected chi connectivity index (χ1v) is 8.65. The van der Waals surface area contributed by atoms with Crippen molar-refractivity contribution in [2.45, 2.75) is 17.9 Å². The lowest BCUT2D eigenvalue weighted by Gasteiger charge is -2.49. The molecule has 2 heterocycles. The maximum Gasteiger partial charge on any atom is 0.437 e. The summed E-state index contributed by atoms with van der Waals surface area (Å²) in [5, 5.41) is 24.2. The number of thiophene rings is 1. The maximum atomic E-state index is 13.9. The third-order valence-corrected chi connectivity index (χ3v) is 5.44. The summed E-state index contributed by atoms with van der Waals surface area (Å²) in [5.74, 6) is -3.30. The van der Waals surface area contributed by atoms with Crippen LogP contribution in [0.1, 0.15) is 21.3 Å². The van der Waals surface area contributed by atoms with Crippen molar-refractivity contribution in [3.8, 4) is 5.75 Å². The molecule has 3 N–H and O–H groups in total. The van der Waals surface area contributed by atoms with E-state index < -0.39 is 35.7 Å². The number of carbonyl (C=O) groups excluding carboxylic acids is 2. The van der Waals surface area contributed by atoms with Crippen molar-refractivity contribution < 1.29 is 33.0 Å². The number of carbonyl (C=O) groups is 2. The number of hydrogen-bond donors (Lipinski definition) is 3. The van der Waals surface area contributed by atoms with E-state index in [1.807, 2.05) is 0 Å². The Bertz CT molecular complexity index is 871. The average Bonchev–Trinajstić information content (AvgIpc) is 3.12. The Hall–Kier alpha value is -2.59. The minimum atomic E-state index is -5.30. The summed E-state index contributed by atoms with van der Waals surface area (Å²) in [7, 11) is 0.774. The number of ketones is 1. The number of benzene rings is 1. The molecule has 3 atom stereocenters. The van der Waals surface area contributed by atoms with Gasteiger partial charge in [-0.25, -0.2) is 4.79 Å². The van der Waals surface area contributed by atoms with Crippen LogP contribution in [0.5, 0.6) is 5.75 Å². The van der Waals surface area contributed by atoms with Crippen LogP contribution in [-0.4, -0.2) is 45.9 Å². The van der Waals surface area contributed by atoms with Gasteiger partial charge in [-0.2, -0.15) is 13.2 Å². The van der Waals surface area contributed by atoms with Crippen molar-refractivity contribution in [1.29, 1.82) is 0 Å². The molecule has 2 aromatic rings. The Morgan fingerprint density at radius 2 is 2.00 bits per heavy atom. The Balaban J connectivity index is 2.21. The number of nitrogens with zero attached hydrogens (tertiary/aromatic N) is 1. The van der Waals surface area contributed by atoms with E-state index in [9.17, 15) is 33.0 Å². The first kappa shape index (κ1) is 19.2. The van der Waals surface area contributed by atoms with Crippen molar-refractivity contribution in [2.24, 2.45) is 5.92 Å².